The Morgan fingerprint density at radius 1 is 0.508 bits per heavy atom. The van der Waals surface area contributed by atoms with Crippen molar-refractivity contribution < 1.29 is 24.5 Å². The molecule has 0 saturated carbocycles. The van der Waals surface area contributed by atoms with Crippen molar-refractivity contribution >= 4 is 35.2 Å². The fourth-order valence-corrected chi connectivity index (χ4v) is 8.72. The van der Waals surface area contributed by atoms with Crippen molar-refractivity contribution in [1.29, 1.82) is 0 Å². The Hall–Kier alpha value is -5.78. The third-order valence-electron chi connectivity index (χ3n) is 11.0. The van der Waals surface area contributed by atoms with Gasteiger partial charge in [-0.05, 0) is 103 Å². The Labute approximate surface area is 376 Å². The minimum atomic E-state index is -1.22. The monoisotopic (exact) mass is 994 g/mol. The van der Waals surface area contributed by atoms with E-state index in [1.165, 1.54) is 38.6 Å². The van der Waals surface area contributed by atoms with E-state index >= 15 is 0 Å². The van der Waals surface area contributed by atoms with Crippen molar-refractivity contribution in [3.05, 3.63) is 193 Å². The van der Waals surface area contributed by atoms with Gasteiger partial charge in [-0.3, -0.25) is 15.0 Å². The van der Waals surface area contributed by atoms with Crippen LogP contribution in [0.2, 0.25) is 19.6 Å². The molecule has 5 aromatic carbocycles. The minimum absolute atomic E-state index is 0. The van der Waals surface area contributed by atoms with Crippen LogP contribution < -0.4 is 5.19 Å². The van der Waals surface area contributed by atoms with E-state index < -0.39 is 8.07 Å². The molecule has 0 aliphatic heterocycles. The maximum Gasteiger partial charge on any atom is 0.144 e. The Balaban J connectivity index is 0.000000178. The predicted octanol–water partition coefficient (Wildman–Crippen LogP) is 14.9. The van der Waals surface area contributed by atoms with Gasteiger partial charge in [0.25, 0.3) is 0 Å². The molecule has 4 nitrogen and oxygen atoms in total. The van der Waals surface area contributed by atoms with Crippen molar-refractivity contribution in [2.75, 3.05) is 0 Å². The molecule has 0 saturated heterocycles. The molecule has 9 aromatic rings. The number of nitrogens with zero attached hydrogens (tertiary/aromatic N) is 3. The van der Waals surface area contributed by atoms with Crippen molar-refractivity contribution in [3.8, 4) is 44.9 Å². The van der Waals surface area contributed by atoms with Crippen molar-refractivity contribution in [1.82, 2.24) is 15.0 Å². The SMILES string of the molecule is CCC(CC)c1ccnc(-c2cccc3c2oc2cc(-c4cc(C)cc(C)c4)ccc23)c1.C[Si](C)(C)c1ccc(-c2ccccc2)nc1.[Ir].c1ccc(-c2ccccn2)cc1. The van der Waals surface area contributed by atoms with E-state index in [1.54, 1.807) is 0 Å². The summed E-state index contributed by atoms with van der Waals surface area (Å²) < 4.78 is 6.47. The molecule has 4 heterocycles. The van der Waals surface area contributed by atoms with Crippen molar-refractivity contribution in [2.24, 2.45) is 0 Å². The summed E-state index contributed by atoms with van der Waals surface area (Å²) in [6.07, 6.45) is 8.05. The second kappa shape index (κ2) is 20.7. The zero-order valence-corrected chi connectivity index (χ0v) is 39.7. The summed E-state index contributed by atoms with van der Waals surface area (Å²) in [6.45, 7) is 15.8. The average Bonchev–Trinajstić information content (AvgIpc) is 3.66. The summed E-state index contributed by atoms with van der Waals surface area (Å²) in [5.74, 6) is 0.562. The zero-order chi connectivity index (χ0) is 42.1. The second-order valence-corrected chi connectivity index (χ2v) is 21.6. The number of furan rings is 1. The maximum absolute atomic E-state index is 6.47. The molecule has 0 atom stereocenters. The molecule has 1 radical (unpaired) electrons. The van der Waals surface area contributed by atoms with E-state index in [9.17, 15) is 0 Å². The van der Waals surface area contributed by atoms with Gasteiger partial charge < -0.3 is 4.42 Å². The molecule has 4 aromatic heterocycles. The zero-order valence-electron chi connectivity index (χ0n) is 36.3. The summed E-state index contributed by atoms with van der Waals surface area (Å²) >= 11 is 0. The smallest absolute Gasteiger partial charge is 0.144 e. The molecular formula is C55H55IrN3OSi. The van der Waals surface area contributed by atoms with Crippen LogP contribution in [-0.4, -0.2) is 23.0 Å². The van der Waals surface area contributed by atoms with E-state index in [-0.39, 0.29) is 20.1 Å². The van der Waals surface area contributed by atoms with Crippen LogP contribution in [0.15, 0.2) is 181 Å². The maximum atomic E-state index is 6.47. The van der Waals surface area contributed by atoms with E-state index in [0.717, 1.165) is 63.0 Å². The summed E-state index contributed by atoms with van der Waals surface area (Å²) in [7, 11) is -1.22. The fraction of sp³-hybridized carbons (Fsp3) is 0.182. The number of fused-ring (bicyclic) bond motifs is 3. The largest absolute Gasteiger partial charge is 0.455 e. The molecule has 0 unspecified atom stereocenters. The van der Waals surface area contributed by atoms with Crippen molar-refractivity contribution in [2.45, 2.75) is 66.1 Å². The van der Waals surface area contributed by atoms with Gasteiger partial charge in [0.15, 0.2) is 0 Å². The number of benzene rings is 5. The summed E-state index contributed by atoms with van der Waals surface area (Å²) in [4.78, 5) is 13.5. The van der Waals surface area contributed by atoms with E-state index in [4.69, 9.17) is 9.40 Å². The molecule has 61 heavy (non-hydrogen) atoms. The van der Waals surface area contributed by atoms with Crippen LogP contribution in [-0.2, 0) is 20.1 Å². The van der Waals surface area contributed by atoms with Gasteiger partial charge in [-0.25, -0.2) is 0 Å². The number of hydrogen-bond donors (Lipinski definition) is 0. The number of rotatable bonds is 8. The molecule has 9 rings (SSSR count). The van der Waals surface area contributed by atoms with Gasteiger partial charge in [0.2, 0.25) is 0 Å². The van der Waals surface area contributed by atoms with Crippen LogP contribution in [0.1, 0.15) is 49.3 Å². The topological polar surface area (TPSA) is 51.8 Å². The molecule has 0 amide bonds. The first kappa shape index (κ1) is 44.8. The molecule has 309 valence electrons. The Morgan fingerprint density at radius 3 is 1.74 bits per heavy atom. The van der Waals surface area contributed by atoms with Crippen LogP contribution >= 0.6 is 0 Å². The van der Waals surface area contributed by atoms with Crippen LogP contribution in [0, 0.1) is 13.8 Å². The van der Waals surface area contributed by atoms with Crippen LogP contribution in [0.25, 0.3) is 66.8 Å². The van der Waals surface area contributed by atoms with Gasteiger partial charge >= 0.3 is 0 Å². The third kappa shape index (κ3) is 11.1. The summed E-state index contributed by atoms with van der Waals surface area (Å²) in [5.41, 5.74) is 14.6. The second-order valence-electron chi connectivity index (χ2n) is 16.5. The van der Waals surface area contributed by atoms with E-state index in [0.29, 0.717) is 5.92 Å². The van der Waals surface area contributed by atoms with Gasteiger partial charge in [0.1, 0.15) is 11.2 Å². The Bertz CT molecular complexity index is 2720. The molecule has 0 fully saturated rings. The van der Waals surface area contributed by atoms with Gasteiger partial charge in [0, 0.05) is 66.2 Å². The van der Waals surface area contributed by atoms with Gasteiger partial charge in [-0.1, -0.05) is 154 Å². The molecule has 0 aliphatic rings. The summed E-state index contributed by atoms with van der Waals surface area (Å²) in [6, 6.07) is 54.7. The molecule has 0 spiro atoms. The van der Waals surface area contributed by atoms with Gasteiger partial charge in [-0.15, -0.1) is 0 Å². The first-order valence-electron chi connectivity index (χ1n) is 21.1. The Morgan fingerprint density at radius 2 is 1.15 bits per heavy atom. The normalized spacial score (nSPS) is 11.0. The van der Waals surface area contributed by atoms with Gasteiger partial charge in [-0.2, -0.15) is 0 Å². The molecule has 0 bridgehead atoms. The quantitative estimate of drug-likeness (QED) is 0.142. The molecule has 6 heteroatoms. The molecule has 0 aliphatic carbocycles. The molecular weight excluding hydrogens is 939 g/mol. The van der Waals surface area contributed by atoms with E-state index in [2.05, 4.69) is 160 Å². The number of pyridine rings is 3. The number of aromatic nitrogens is 3. The standard InChI is InChI=1S/C30H29NO.C14H17NSi.C11H9N.Ir/c1-5-21(6-2)23-12-13-31-28(17-23)27-9-7-8-26-25-11-10-22(18-29(25)32-30(26)27)24-15-19(3)14-20(4)16-24;1-16(2,3)13-9-10-14(15-11-13)12-7-5-4-6-8-12;1-2-6-10(7-3-1)11-8-4-5-9-12-11;/h7-18,21H,5-6H2,1-4H3;4-11H,1-3H3;1-9H;. The number of hydrogen-bond acceptors (Lipinski definition) is 4. The van der Waals surface area contributed by atoms with Gasteiger partial charge in [0.05, 0.1) is 25.2 Å². The minimum Gasteiger partial charge on any atom is -0.455 e. The van der Waals surface area contributed by atoms with E-state index in [1.807, 2.05) is 73.2 Å². The van der Waals surface area contributed by atoms with Crippen LogP contribution in [0.5, 0.6) is 0 Å². The number of para-hydroxylation sites is 1. The Kier molecular flexibility index (Phi) is 15.2. The fourth-order valence-electron chi connectivity index (χ4n) is 7.69. The summed E-state index contributed by atoms with van der Waals surface area (Å²) in [5, 5.41) is 3.69. The average molecular weight is 994 g/mol. The van der Waals surface area contributed by atoms with Crippen LogP contribution in [0.4, 0.5) is 0 Å². The van der Waals surface area contributed by atoms with Crippen molar-refractivity contribution in [3.63, 3.8) is 0 Å². The number of aryl methyl sites for hydroxylation is 2. The first-order chi connectivity index (χ1) is 29.1. The first-order valence-corrected chi connectivity index (χ1v) is 24.6. The third-order valence-corrected chi connectivity index (χ3v) is 13.0. The predicted molar refractivity (Wildman–Crippen MR) is 258 cm³/mol. The van der Waals surface area contributed by atoms with Crippen LogP contribution in [0.3, 0.4) is 0 Å². The molecule has 0 N–H and O–H groups in total.